The van der Waals surface area contributed by atoms with Crippen molar-refractivity contribution in [2.45, 2.75) is 6.42 Å². The summed E-state index contributed by atoms with van der Waals surface area (Å²) in [7, 11) is 0. The number of hydrogen-bond donors (Lipinski definition) is 1. The van der Waals surface area contributed by atoms with Crippen molar-refractivity contribution in [3.63, 3.8) is 0 Å². The standard InChI is InChI=1S/C17H12F2N2O/c18-13-7-5-11(6-8-13)9-16-20-15(17(22)21-16)10-12-3-1-2-4-14(12)19/h1-8,10H,9H2,(H,20,21,22)/b15-10-. The molecule has 5 heteroatoms. The van der Waals surface area contributed by atoms with E-state index in [0.717, 1.165) is 5.56 Å². The fourth-order valence-corrected chi connectivity index (χ4v) is 2.14. The second-order valence-corrected chi connectivity index (χ2v) is 4.87. The molecule has 0 saturated carbocycles. The minimum absolute atomic E-state index is 0.155. The van der Waals surface area contributed by atoms with E-state index in [-0.39, 0.29) is 17.4 Å². The Hall–Kier alpha value is -2.82. The van der Waals surface area contributed by atoms with E-state index in [0.29, 0.717) is 17.8 Å². The first-order valence-electron chi connectivity index (χ1n) is 6.71. The van der Waals surface area contributed by atoms with Gasteiger partial charge in [-0.05, 0) is 29.8 Å². The van der Waals surface area contributed by atoms with Crippen LogP contribution < -0.4 is 5.32 Å². The van der Waals surface area contributed by atoms with Gasteiger partial charge in [0.05, 0.1) is 0 Å². The fourth-order valence-electron chi connectivity index (χ4n) is 2.14. The zero-order valence-corrected chi connectivity index (χ0v) is 11.5. The third-order valence-electron chi connectivity index (χ3n) is 3.23. The van der Waals surface area contributed by atoms with Gasteiger partial charge in [-0.15, -0.1) is 0 Å². The summed E-state index contributed by atoms with van der Waals surface area (Å²) in [5.41, 5.74) is 1.29. The van der Waals surface area contributed by atoms with E-state index in [1.165, 1.54) is 24.3 Å². The number of benzene rings is 2. The molecule has 0 saturated heterocycles. The van der Waals surface area contributed by atoms with Crippen molar-refractivity contribution in [3.05, 3.63) is 77.0 Å². The molecule has 0 radical (unpaired) electrons. The van der Waals surface area contributed by atoms with Gasteiger partial charge in [-0.25, -0.2) is 13.8 Å². The second kappa shape index (κ2) is 5.89. The van der Waals surface area contributed by atoms with Crippen LogP contribution in [0.2, 0.25) is 0 Å². The van der Waals surface area contributed by atoms with Gasteiger partial charge in [-0.3, -0.25) is 4.79 Å². The molecule has 22 heavy (non-hydrogen) atoms. The van der Waals surface area contributed by atoms with Gasteiger partial charge in [-0.1, -0.05) is 30.3 Å². The molecule has 0 bridgehead atoms. The fraction of sp³-hybridized carbons (Fsp3) is 0.0588. The Bertz CT molecular complexity index is 780. The maximum absolute atomic E-state index is 13.6. The highest BCUT2D eigenvalue weighted by Crippen LogP contribution is 2.16. The molecule has 1 N–H and O–H groups in total. The van der Waals surface area contributed by atoms with Gasteiger partial charge in [0.2, 0.25) is 0 Å². The quantitative estimate of drug-likeness (QED) is 0.869. The summed E-state index contributed by atoms with van der Waals surface area (Å²) in [5.74, 6) is -0.647. The normalized spacial score (nSPS) is 15.8. The Labute approximate surface area is 126 Å². The zero-order chi connectivity index (χ0) is 15.5. The van der Waals surface area contributed by atoms with Crippen LogP contribution in [0.3, 0.4) is 0 Å². The summed E-state index contributed by atoms with van der Waals surface area (Å²) >= 11 is 0. The van der Waals surface area contributed by atoms with Gasteiger partial charge in [0.1, 0.15) is 23.2 Å². The summed E-state index contributed by atoms with van der Waals surface area (Å²) in [4.78, 5) is 16.0. The predicted molar refractivity (Wildman–Crippen MR) is 80.1 cm³/mol. The van der Waals surface area contributed by atoms with E-state index in [9.17, 15) is 13.6 Å². The summed E-state index contributed by atoms with van der Waals surface area (Å²) in [6.45, 7) is 0. The van der Waals surface area contributed by atoms with E-state index >= 15 is 0 Å². The molecule has 1 heterocycles. The van der Waals surface area contributed by atoms with Crippen LogP contribution in [0.25, 0.3) is 6.08 Å². The number of halogens is 2. The van der Waals surface area contributed by atoms with Crippen molar-refractivity contribution in [1.29, 1.82) is 0 Å². The molecule has 2 aromatic rings. The van der Waals surface area contributed by atoms with Crippen molar-refractivity contribution >= 4 is 17.8 Å². The van der Waals surface area contributed by atoms with E-state index in [1.54, 1.807) is 30.3 Å². The number of hydrogen-bond acceptors (Lipinski definition) is 2. The van der Waals surface area contributed by atoms with Gasteiger partial charge in [-0.2, -0.15) is 0 Å². The van der Waals surface area contributed by atoms with Gasteiger partial charge in [0.15, 0.2) is 0 Å². The van der Waals surface area contributed by atoms with E-state index in [2.05, 4.69) is 10.3 Å². The molecule has 1 amide bonds. The molecule has 0 spiro atoms. The van der Waals surface area contributed by atoms with Crippen LogP contribution in [0.1, 0.15) is 11.1 Å². The summed E-state index contributed by atoms with van der Waals surface area (Å²) < 4.78 is 26.5. The monoisotopic (exact) mass is 298 g/mol. The lowest BCUT2D eigenvalue weighted by molar-refractivity contribution is -0.115. The highest BCUT2D eigenvalue weighted by molar-refractivity contribution is 6.14. The molecule has 0 aliphatic carbocycles. The first-order valence-corrected chi connectivity index (χ1v) is 6.71. The number of rotatable bonds is 3. The van der Waals surface area contributed by atoms with Gasteiger partial charge >= 0.3 is 0 Å². The molecular weight excluding hydrogens is 286 g/mol. The molecule has 0 unspecified atom stereocenters. The number of carbonyl (C=O) groups excluding carboxylic acids is 1. The van der Waals surface area contributed by atoms with Crippen molar-refractivity contribution in [1.82, 2.24) is 5.32 Å². The molecule has 110 valence electrons. The minimum Gasteiger partial charge on any atom is -0.308 e. The number of carbonyl (C=O) groups is 1. The third kappa shape index (κ3) is 3.09. The predicted octanol–water partition coefficient (Wildman–Crippen LogP) is 3.08. The first-order chi connectivity index (χ1) is 10.6. The molecule has 3 rings (SSSR count). The highest BCUT2D eigenvalue weighted by Gasteiger charge is 2.20. The average Bonchev–Trinajstić information content (AvgIpc) is 2.84. The van der Waals surface area contributed by atoms with Crippen molar-refractivity contribution in [2.24, 2.45) is 4.99 Å². The van der Waals surface area contributed by atoms with Gasteiger partial charge in [0, 0.05) is 12.0 Å². The van der Waals surface area contributed by atoms with Crippen LogP contribution in [0.15, 0.2) is 59.2 Å². The lowest BCUT2D eigenvalue weighted by atomic mass is 10.1. The summed E-state index contributed by atoms with van der Waals surface area (Å²) in [6.07, 6.45) is 1.78. The smallest absolute Gasteiger partial charge is 0.275 e. The minimum atomic E-state index is -0.412. The lowest BCUT2D eigenvalue weighted by Gasteiger charge is -2.00. The van der Waals surface area contributed by atoms with Crippen molar-refractivity contribution in [2.75, 3.05) is 0 Å². The molecular formula is C17H12F2N2O. The zero-order valence-electron chi connectivity index (χ0n) is 11.5. The second-order valence-electron chi connectivity index (χ2n) is 4.87. The van der Waals surface area contributed by atoms with Crippen LogP contribution in [-0.2, 0) is 11.2 Å². The van der Waals surface area contributed by atoms with E-state index in [1.807, 2.05) is 0 Å². The van der Waals surface area contributed by atoms with Crippen molar-refractivity contribution in [3.8, 4) is 0 Å². The topological polar surface area (TPSA) is 41.5 Å². The Morgan fingerprint density at radius 2 is 1.77 bits per heavy atom. The van der Waals surface area contributed by atoms with Crippen LogP contribution >= 0.6 is 0 Å². The first kappa shape index (κ1) is 14.1. The molecule has 0 aromatic heterocycles. The number of aliphatic imine (C=N–C) groups is 1. The Kier molecular flexibility index (Phi) is 3.78. The molecule has 1 aliphatic rings. The van der Waals surface area contributed by atoms with Crippen LogP contribution in [0.5, 0.6) is 0 Å². The number of amides is 1. The maximum atomic E-state index is 13.6. The maximum Gasteiger partial charge on any atom is 0.275 e. The highest BCUT2D eigenvalue weighted by atomic mass is 19.1. The molecule has 2 aromatic carbocycles. The lowest BCUT2D eigenvalue weighted by Crippen LogP contribution is -2.25. The van der Waals surface area contributed by atoms with Crippen LogP contribution in [0, 0.1) is 11.6 Å². The van der Waals surface area contributed by atoms with Crippen LogP contribution in [-0.4, -0.2) is 11.7 Å². The Balaban J connectivity index is 1.82. The van der Waals surface area contributed by atoms with Gasteiger partial charge in [0.25, 0.3) is 5.91 Å². The number of nitrogens with one attached hydrogen (secondary N) is 1. The molecule has 3 nitrogen and oxygen atoms in total. The number of nitrogens with zero attached hydrogens (tertiary/aromatic N) is 1. The molecule has 0 fully saturated rings. The largest absolute Gasteiger partial charge is 0.308 e. The summed E-state index contributed by atoms with van der Waals surface area (Å²) in [5, 5.41) is 2.63. The Morgan fingerprint density at radius 1 is 1.05 bits per heavy atom. The molecule has 1 aliphatic heterocycles. The third-order valence-corrected chi connectivity index (χ3v) is 3.23. The van der Waals surface area contributed by atoms with Crippen LogP contribution in [0.4, 0.5) is 8.78 Å². The Morgan fingerprint density at radius 3 is 2.50 bits per heavy atom. The van der Waals surface area contributed by atoms with E-state index < -0.39 is 5.82 Å². The molecule has 0 atom stereocenters. The number of amidine groups is 1. The van der Waals surface area contributed by atoms with Gasteiger partial charge < -0.3 is 5.32 Å². The summed E-state index contributed by atoms with van der Waals surface area (Å²) in [6, 6.07) is 12.1. The SMILES string of the molecule is O=C1NC(Cc2ccc(F)cc2)=N/C1=C\c1ccccc1F. The van der Waals surface area contributed by atoms with Crippen molar-refractivity contribution < 1.29 is 13.6 Å². The van der Waals surface area contributed by atoms with E-state index in [4.69, 9.17) is 0 Å². The average molecular weight is 298 g/mol.